The van der Waals surface area contributed by atoms with Crippen LogP contribution in [0.1, 0.15) is 28.8 Å². The number of nitrogens with zero attached hydrogens (tertiary/aromatic N) is 2. The van der Waals surface area contributed by atoms with Crippen molar-refractivity contribution in [1.82, 2.24) is 9.97 Å². The van der Waals surface area contributed by atoms with E-state index in [1.807, 2.05) is 26.0 Å². The summed E-state index contributed by atoms with van der Waals surface area (Å²) in [6.07, 6.45) is 2.15. The predicted molar refractivity (Wildman–Crippen MR) is 69.6 cm³/mol. The molecule has 5 heteroatoms. The SMILES string of the molecule is CCc1nc(C)ccc1Oc1ccc(C(=O)O)nc1. The Morgan fingerprint density at radius 3 is 2.68 bits per heavy atom. The number of hydrogen-bond acceptors (Lipinski definition) is 4. The van der Waals surface area contributed by atoms with Gasteiger partial charge in [0, 0.05) is 5.69 Å². The Morgan fingerprint density at radius 2 is 2.11 bits per heavy atom. The number of carbonyl (C=O) groups is 1. The molecule has 0 aliphatic rings. The van der Waals surface area contributed by atoms with Crippen molar-refractivity contribution >= 4 is 5.97 Å². The van der Waals surface area contributed by atoms with Gasteiger partial charge in [0.2, 0.25) is 0 Å². The molecule has 1 N–H and O–H groups in total. The summed E-state index contributed by atoms with van der Waals surface area (Å²) in [5.74, 6) is 0.0983. The van der Waals surface area contributed by atoms with Crippen LogP contribution in [0.5, 0.6) is 11.5 Å². The van der Waals surface area contributed by atoms with Gasteiger partial charge >= 0.3 is 5.97 Å². The Morgan fingerprint density at radius 1 is 1.32 bits per heavy atom. The first-order chi connectivity index (χ1) is 9.10. The number of carboxylic acid groups (broad SMARTS) is 1. The Kier molecular flexibility index (Phi) is 3.75. The summed E-state index contributed by atoms with van der Waals surface area (Å²) in [7, 11) is 0. The van der Waals surface area contributed by atoms with E-state index in [0.29, 0.717) is 11.5 Å². The quantitative estimate of drug-likeness (QED) is 0.912. The molecule has 0 aliphatic heterocycles. The Balaban J connectivity index is 2.23. The molecule has 0 radical (unpaired) electrons. The van der Waals surface area contributed by atoms with Crippen molar-refractivity contribution in [2.45, 2.75) is 20.3 Å². The van der Waals surface area contributed by atoms with Crippen LogP contribution in [-0.2, 0) is 6.42 Å². The van der Waals surface area contributed by atoms with Crippen LogP contribution in [0.4, 0.5) is 0 Å². The first-order valence-electron chi connectivity index (χ1n) is 5.94. The molecule has 0 fully saturated rings. The smallest absolute Gasteiger partial charge is 0.354 e. The molecule has 0 amide bonds. The second kappa shape index (κ2) is 5.48. The Labute approximate surface area is 110 Å². The largest absolute Gasteiger partial charge is 0.477 e. The number of aromatic nitrogens is 2. The van der Waals surface area contributed by atoms with Gasteiger partial charge in [0.25, 0.3) is 0 Å². The van der Waals surface area contributed by atoms with Crippen molar-refractivity contribution in [2.24, 2.45) is 0 Å². The number of rotatable bonds is 4. The number of pyridine rings is 2. The van der Waals surface area contributed by atoms with Gasteiger partial charge in [0.15, 0.2) is 0 Å². The molecular weight excluding hydrogens is 244 g/mol. The van der Waals surface area contributed by atoms with E-state index in [0.717, 1.165) is 17.8 Å². The monoisotopic (exact) mass is 258 g/mol. The lowest BCUT2D eigenvalue weighted by Crippen LogP contribution is -2.00. The van der Waals surface area contributed by atoms with Crippen molar-refractivity contribution < 1.29 is 14.6 Å². The summed E-state index contributed by atoms with van der Waals surface area (Å²) in [5.41, 5.74) is 1.79. The van der Waals surface area contributed by atoms with Crippen molar-refractivity contribution in [3.63, 3.8) is 0 Å². The van der Waals surface area contributed by atoms with Crippen LogP contribution in [0.25, 0.3) is 0 Å². The first-order valence-corrected chi connectivity index (χ1v) is 5.94. The third-order valence-electron chi connectivity index (χ3n) is 2.59. The summed E-state index contributed by atoms with van der Waals surface area (Å²) in [6, 6.07) is 6.71. The van der Waals surface area contributed by atoms with Crippen molar-refractivity contribution in [3.05, 3.63) is 47.5 Å². The molecule has 19 heavy (non-hydrogen) atoms. The van der Waals surface area contributed by atoms with E-state index in [4.69, 9.17) is 9.84 Å². The highest BCUT2D eigenvalue weighted by molar-refractivity contribution is 5.85. The number of carboxylic acids is 1. The first kappa shape index (κ1) is 13.0. The summed E-state index contributed by atoms with van der Waals surface area (Å²) >= 11 is 0. The maximum Gasteiger partial charge on any atom is 0.354 e. The zero-order valence-electron chi connectivity index (χ0n) is 10.8. The van der Waals surface area contributed by atoms with Crippen molar-refractivity contribution in [3.8, 4) is 11.5 Å². The summed E-state index contributed by atoms with van der Waals surface area (Å²) in [5, 5.41) is 8.76. The lowest BCUT2D eigenvalue weighted by atomic mass is 10.2. The molecule has 5 nitrogen and oxygen atoms in total. The van der Waals surface area contributed by atoms with E-state index >= 15 is 0 Å². The number of aromatic carboxylic acids is 1. The van der Waals surface area contributed by atoms with Crippen LogP contribution in [0.15, 0.2) is 30.5 Å². The minimum absolute atomic E-state index is 0.00917. The minimum atomic E-state index is -1.06. The fourth-order valence-corrected chi connectivity index (χ4v) is 1.64. The summed E-state index contributed by atoms with van der Waals surface area (Å²) < 4.78 is 5.67. The zero-order valence-corrected chi connectivity index (χ0v) is 10.8. The molecule has 0 atom stereocenters. The van der Waals surface area contributed by atoms with Crippen LogP contribution in [0.2, 0.25) is 0 Å². The van der Waals surface area contributed by atoms with Gasteiger partial charge < -0.3 is 9.84 Å². The van der Waals surface area contributed by atoms with Gasteiger partial charge in [-0.1, -0.05) is 6.92 Å². The number of ether oxygens (including phenoxy) is 1. The second-order valence-electron chi connectivity index (χ2n) is 4.04. The van der Waals surface area contributed by atoms with Crippen molar-refractivity contribution in [1.29, 1.82) is 0 Å². The molecule has 0 saturated heterocycles. The van der Waals surface area contributed by atoms with Crippen LogP contribution >= 0.6 is 0 Å². The molecule has 0 aromatic carbocycles. The fourth-order valence-electron chi connectivity index (χ4n) is 1.64. The molecule has 0 spiro atoms. The van der Waals surface area contributed by atoms with Crippen LogP contribution in [0, 0.1) is 6.92 Å². The highest BCUT2D eigenvalue weighted by Gasteiger charge is 2.07. The fraction of sp³-hybridized carbons (Fsp3) is 0.214. The van der Waals surface area contributed by atoms with Gasteiger partial charge in [0.1, 0.15) is 17.2 Å². The topological polar surface area (TPSA) is 72.3 Å². The predicted octanol–water partition coefficient (Wildman–Crippen LogP) is 2.84. The van der Waals surface area contributed by atoms with Crippen LogP contribution in [0.3, 0.4) is 0 Å². The third kappa shape index (κ3) is 3.07. The normalized spacial score (nSPS) is 10.2. The van der Waals surface area contributed by atoms with E-state index in [1.165, 1.54) is 12.3 Å². The number of hydrogen-bond donors (Lipinski definition) is 1. The van der Waals surface area contributed by atoms with Gasteiger partial charge in [0.05, 0.1) is 11.9 Å². The molecule has 0 bridgehead atoms. The third-order valence-corrected chi connectivity index (χ3v) is 2.59. The van der Waals surface area contributed by atoms with Gasteiger partial charge in [-0.2, -0.15) is 0 Å². The molecular formula is C14H14N2O3. The van der Waals surface area contributed by atoms with Crippen LogP contribution < -0.4 is 4.74 Å². The van der Waals surface area contributed by atoms with E-state index in [2.05, 4.69) is 9.97 Å². The molecule has 98 valence electrons. The summed E-state index contributed by atoms with van der Waals surface area (Å²) in [4.78, 5) is 18.9. The average molecular weight is 258 g/mol. The molecule has 2 rings (SSSR count). The van der Waals surface area contributed by atoms with E-state index < -0.39 is 5.97 Å². The molecule has 2 heterocycles. The van der Waals surface area contributed by atoms with Crippen LogP contribution in [-0.4, -0.2) is 21.0 Å². The molecule has 0 aliphatic carbocycles. The van der Waals surface area contributed by atoms with Gasteiger partial charge in [-0.25, -0.2) is 9.78 Å². The van der Waals surface area contributed by atoms with E-state index in [-0.39, 0.29) is 5.69 Å². The standard InChI is InChI=1S/C14H14N2O3/c1-3-11-13(7-4-9(2)16-11)19-10-5-6-12(14(17)18)15-8-10/h4-8H,3H2,1-2H3,(H,17,18). The van der Waals surface area contributed by atoms with Gasteiger partial charge in [-0.05, 0) is 37.6 Å². The molecule has 0 unspecified atom stereocenters. The Bertz CT molecular complexity index is 594. The van der Waals surface area contributed by atoms with Gasteiger partial charge in [-0.3, -0.25) is 4.98 Å². The maximum absolute atomic E-state index is 10.7. The maximum atomic E-state index is 10.7. The number of aryl methyl sites for hydroxylation is 2. The van der Waals surface area contributed by atoms with E-state index in [1.54, 1.807) is 6.07 Å². The zero-order chi connectivity index (χ0) is 13.8. The summed E-state index contributed by atoms with van der Waals surface area (Å²) in [6.45, 7) is 3.92. The van der Waals surface area contributed by atoms with Crippen molar-refractivity contribution in [2.75, 3.05) is 0 Å². The highest BCUT2D eigenvalue weighted by Crippen LogP contribution is 2.24. The lowest BCUT2D eigenvalue weighted by molar-refractivity contribution is 0.0690. The second-order valence-corrected chi connectivity index (χ2v) is 4.04. The average Bonchev–Trinajstić information content (AvgIpc) is 2.41. The van der Waals surface area contributed by atoms with Gasteiger partial charge in [-0.15, -0.1) is 0 Å². The molecule has 0 saturated carbocycles. The molecule has 2 aromatic heterocycles. The Hall–Kier alpha value is -2.43. The minimum Gasteiger partial charge on any atom is -0.477 e. The lowest BCUT2D eigenvalue weighted by Gasteiger charge is -2.09. The van der Waals surface area contributed by atoms with E-state index in [9.17, 15) is 4.79 Å². The highest BCUT2D eigenvalue weighted by atomic mass is 16.5. The molecule has 2 aromatic rings.